The number of phenols is 1. The Kier molecular flexibility index (Phi) is 12.0. The molecule has 5 atom stereocenters. The zero-order chi connectivity index (χ0) is 25.8. The van der Waals surface area contributed by atoms with Gasteiger partial charge in [-0.05, 0) is 57.4 Å². The molecule has 0 spiro atoms. The second-order valence-corrected chi connectivity index (χ2v) is 8.11. The number of unbranched alkanes of at least 4 members (excludes halogenated alkanes) is 1. The molecule has 0 saturated carbocycles. The zero-order valence-corrected chi connectivity index (χ0v) is 19.4. The third kappa shape index (κ3) is 9.73. The number of hydrogen-bond acceptors (Lipinski definition) is 8. The van der Waals surface area contributed by atoms with Crippen molar-refractivity contribution in [1.29, 1.82) is 0 Å². The van der Waals surface area contributed by atoms with Gasteiger partial charge in [-0.15, -0.1) is 0 Å². The molecule has 0 bridgehead atoms. The number of carbonyl (C=O) groups excluding carboxylic acids is 3. The van der Waals surface area contributed by atoms with Crippen LogP contribution in [0.2, 0.25) is 0 Å². The van der Waals surface area contributed by atoms with Gasteiger partial charge in [0, 0.05) is 6.42 Å². The van der Waals surface area contributed by atoms with Crippen LogP contribution in [0, 0.1) is 0 Å². The van der Waals surface area contributed by atoms with Gasteiger partial charge in [0.2, 0.25) is 17.7 Å². The number of benzene rings is 1. The number of amides is 3. The summed E-state index contributed by atoms with van der Waals surface area (Å²) in [5.74, 6) is -3.35. The molecule has 0 aliphatic heterocycles. The van der Waals surface area contributed by atoms with Crippen LogP contribution in [0.4, 0.5) is 0 Å². The van der Waals surface area contributed by atoms with Crippen molar-refractivity contribution in [2.45, 2.75) is 69.8 Å². The first kappa shape index (κ1) is 28.8. The van der Waals surface area contributed by atoms with E-state index in [1.807, 2.05) is 0 Å². The molecule has 1 aromatic carbocycles. The van der Waals surface area contributed by atoms with E-state index in [9.17, 15) is 34.5 Å². The van der Waals surface area contributed by atoms with E-state index in [0.717, 1.165) is 0 Å². The SMILES string of the molecule is CC(NC(=O)C(N)C(C)O)C(=O)NC(CCCCN)C(=O)NC(Cc1ccc(O)cc1)C(=O)O. The predicted molar refractivity (Wildman–Crippen MR) is 123 cm³/mol. The van der Waals surface area contributed by atoms with Crippen LogP contribution in [-0.4, -0.2) is 75.8 Å². The Balaban J connectivity index is 2.87. The van der Waals surface area contributed by atoms with E-state index in [1.54, 1.807) is 12.1 Å². The fourth-order valence-corrected chi connectivity index (χ4v) is 2.99. The van der Waals surface area contributed by atoms with Gasteiger partial charge in [-0.3, -0.25) is 14.4 Å². The van der Waals surface area contributed by atoms with Gasteiger partial charge in [-0.25, -0.2) is 4.79 Å². The molecule has 10 N–H and O–H groups in total. The van der Waals surface area contributed by atoms with Gasteiger partial charge < -0.3 is 42.7 Å². The lowest BCUT2D eigenvalue weighted by molar-refractivity contribution is -0.142. The highest BCUT2D eigenvalue weighted by Crippen LogP contribution is 2.12. The lowest BCUT2D eigenvalue weighted by atomic mass is 10.0. The van der Waals surface area contributed by atoms with Crippen molar-refractivity contribution < 1.29 is 34.5 Å². The fraction of sp³-hybridized carbons (Fsp3) is 0.545. The standard InChI is InChI=1S/C22H35N5O7/c1-12(25-21(32)18(24)13(2)28)19(30)26-16(5-3-4-10-23)20(31)27-17(22(33)34)11-14-6-8-15(29)9-7-14/h6-9,12-13,16-18,28-29H,3-5,10-11,23-24H2,1-2H3,(H,25,32)(H,26,30)(H,27,31)(H,33,34). The summed E-state index contributed by atoms with van der Waals surface area (Å²) in [5, 5.41) is 35.7. The zero-order valence-electron chi connectivity index (χ0n) is 19.4. The number of carboxylic acid groups (broad SMARTS) is 1. The molecule has 1 rings (SSSR count). The van der Waals surface area contributed by atoms with Crippen LogP contribution < -0.4 is 27.4 Å². The monoisotopic (exact) mass is 481 g/mol. The molecule has 0 fully saturated rings. The first-order valence-corrected chi connectivity index (χ1v) is 11.0. The number of aromatic hydroxyl groups is 1. The summed E-state index contributed by atoms with van der Waals surface area (Å²) >= 11 is 0. The van der Waals surface area contributed by atoms with E-state index in [1.165, 1.54) is 26.0 Å². The van der Waals surface area contributed by atoms with Gasteiger partial charge >= 0.3 is 5.97 Å². The van der Waals surface area contributed by atoms with E-state index < -0.39 is 54.0 Å². The maximum absolute atomic E-state index is 12.9. The molecule has 1 aromatic rings. The number of phenolic OH excluding ortho intramolecular Hbond substituents is 1. The molecular formula is C22H35N5O7. The second-order valence-electron chi connectivity index (χ2n) is 8.11. The number of aliphatic hydroxyl groups is 1. The average Bonchev–Trinajstić information content (AvgIpc) is 2.78. The van der Waals surface area contributed by atoms with E-state index in [4.69, 9.17) is 11.5 Å². The summed E-state index contributed by atoms with van der Waals surface area (Å²) in [6.07, 6.45) is 0.137. The molecule has 12 nitrogen and oxygen atoms in total. The normalized spacial score (nSPS) is 15.3. The van der Waals surface area contributed by atoms with Crippen LogP contribution in [0.3, 0.4) is 0 Å². The van der Waals surface area contributed by atoms with Crippen molar-refractivity contribution in [3.8, 4) is 5.75 Å². The smallest absolute Gasteiger partial charge is 0.326 e. The van der Waals surface area contributed by atoms with Crippen LogP contribution in [-0.2, 0) is 25.6 Å². The number of hydrogen-bond donors (Lipinski definition) is 8. The first-order valence-electron chi connectivity index (χ1n) is 11.0. The average molecular weight is 482 g/mol. The molecular weight excluding hydrogens is 446 g/mol. The summed E-state index contributed by atoms with van der Waals surface area (Å²) in [4.78, 5) is 49.2. The Morgan fingerprint density at radius 1 is 0.912 bits per heavy atom. The topological polar surface area (TPSA) is 217 Å². The number of rotatable bonds is 14. The van der Waals surface area contributed by atoms with Crippen molar-refractivity contribution >= 4 is 23.7 Å². The Morgan fingerprint density at radius 2 is 1.50 bits per heavy atom. The van der Waals surface area contributed by atoms with E-state index in [0.29, 0.717) is 24.9 Å². The highest BCUT2D eigenvalue weighted by molar-refractivity contribution is 5.94. The molecule has 0 aliphatic rings. The number of aliphatic hydroxyl groups excluding tert-OH is 1. The Hall–Kier alpha value is -3.22. The minimum Gasteiger partial charge on any atom is -0.508 e. The molecule has 190 valence electrons. The molecule has 0 aromatic heterocycles. The predicted octanol–water partition coefficient (Wildman–Crippen LogP) is -1.67. The van der Waals surface area contributed by atoms with Gasteiger partial charge in [-0.1, -0.05) is 12.1 Å². The largest absolute Gasteiger partial charge is 0.508 e. The van der Waals surface area contributed by atoms with E-state index in [-0.39, 0.29) is 18.6 Å². The highest BCUT2D eigenvalue weighted by atomic mass is 16.4. The minimum absolute atomic E-state index is 0.0259. The van der Waals surface area contributed by atoms with Crippen molar-refractivity contribution in [3.05, 3.63) is 29.8 Å². The molecule has 34 heavy (non-hydrogen) atoms. The fourth-order valence-electron chi connectivity index (χ4n) is 2.99. The molecule has 0 heterocycles. The summed E-state index contributed by atoms with van der Waals surface area (Å²) in [5.41, 5.74) is 11.6. The molecule has 12 heteroatoms. The maximum Gasteiger partial charge on any atom is 0.326 e. The van der Waals surface area contributed by atoms with Gasteiger partial charge in [0.15, 0.2) is 0 Å². The van der Waals surface area contributed by atoms with Crippen LogP contribution in [0.5, 0.6) is 5.75 Å². The number of aliphatic carboxylic acids is 1. The molecule has 5 unspecified atom stereocenters. The van der Waals surface area contributed by atoms with Crippen molar-refractivity contribution in [2.24, 2.45) is 11.5 Å². The Bertz CT molecular complexity index is 831. The van der Waals surface area contributed by atoms with E-state index in [2.05, 4.69) is 16.0 Å². The summed E-state index contributed by atoms with van der Waals surface area (Å²) in [6, 6.07) is 1.28. The Labute approximate surface area is 198 Å². The molecule has 0 radical (unpaired) electrons. The van der Waals surface area contributed by atoms with Gasteiger partial charge in [0.05, 0.1) is 6.10 Å². The summed E-state index contributed by atoms with van der Waals surface area (Å²) in [6.45, 7) is 3.11. The number of nitrogens with one attached hydrogen (secondary N) is 3. The van der Waals surface area contributed by atoms with Crippen LogP contribution in [0.1, 0.15) is 38.7 Å². The third-order valence-corrected chi connectivity index (χ3v) is 5.15. The number of nitrogens with two attached hydrogens (primary N) is 2. The van der Waals surface area contributed by atoms with Crippen molar-refractivity contribution in [3.63, 3.8) is 0 Å². The van der Waals surface area contributed by atoms with Gasteiger partial charge in [0.25, 0.3) is 0 Å². The van der Waals surface area contributed by atoms with Crippen LogP contribution >= 0.6 is 0 Å². The molecule has 0 saturated heterocycles. The van der Waals surface area contributed by atoms with Gasteiger partial charge in [0.1, 0.15) is 29.9 Å². The first-order chi connectivity index (χ1) is 16.0. The Morgan fingerprint density at radius 3 is 2.03 bits per heavy atom. The van der Waals surface area contributed by atoms with Crippen molar-refractivity contribution in [2.75, 3.05) is 6.54 Å². The number of carbonyl (C=O) groups is 4. The summed E-state index contributed by atoms with van der Waals surface area (Å²) < 4.78 is 0. The lowest BCUT2D eigenvalue weighted by Crippen LogP contribution is -2.57. The lowest BCUT2D eigenvalue weighted by Gasteiger charge is -2.24. The molecule has 0 aliphatic carbocycles. The third-order valence-electron chi connectivity index (χ3n) is 5.15. The minimum atomic E-state index is -1.27. The quantitative estimate of drug-likeness (QED) is 0.142. The highest BCUT2D eigenvalue weighted by Gasteiger charge is 2.29. The maximum atomic E-state index is 12.9. The molecule has 3 amide bonds. The van der Waals surface area contributed by atoms with Crippen LogP contribution in [0.25, 0.3) is 0 Å². The van der Waals surface area contributed by atoms with Crippen LogP contribution in [0.15, 0.2) is 24.3 Å². The van der Waals surface area contributed by atoms with E-state index >= 15 is 0 Å². The number of carboxylic acids is 1. The van der Waals surface area contributed by atoms with Crippen molar-refractivity contribution in [1.82, 2.24) is 16.0 Å². The summed E-state index contributed by atoms with van der Waals surface area (Å²) in [7, 11) is 0. The second kappa shape index (κ2) is 14.1. The van der Waals surface area contributed by atoms with Gasteiger partial charge in [-0.2, -0.15) is 0 Å².